The number of amides is 6. The van der Waals surface area contributed by atoms with Crippen LogP contribution in [0.25, 0.3) is 10.9 Å². The first-order valence-electron chi connectivity index (χ1n) is 21.3. The normalized spacial score (nSPS) is 14.6. The van der Waals surface area contributed by atoms with E-state index in [4.69, 9.17) is 17.2 Å². The van der Waals surface area contributed by atoms with Crippen molar-refractivity contribution >= 4 is 70.2 Å². The highest BCUT2D eigenvalue weighted by atomic mass is 16.4. The van der Waals surface area contributed by atoms with Crippen LogP contribution in [-0.4, -0.2) is 145 Å². The number of aliphatic hydroxyl groups excluding tert-OH is 1. The van der Waals surface area contributed by atoms with Crippen LogP contribution >= 0.6 is 0 Å². The van der Waals surface area contributed by atoms with Gasteiger partial charge in [-0.1, -0.05) is 44.2 Å². The summed E-state index contributed by atoms with van der Waals surface area (Å²) in [5.74, 6) is -12.4. The highest BCUT2D eigenvalue weighted by molar-refractivity contribution is 5.99. The number of carboxylic acid groups (broad SMARTS) is 3. The van der Waals surface area contributed by atoms with Gasteiger partial charge in [-0.25, -0.2) is 4.79 Å². The lowest BCUT2D eigenvalue weighted by molar-refractivity contribution is -0.144. The van der Waals surface area contributed by atoms with Crippen LogP contribution in [0.4, 0.5) is 0 Å². The van der Waals surface area contributed by atoms with Crippen LogP contribution in [0, 0.1) is 5.92 Å². The Morgan fingerprint density at radius 1 is 0.647 bits per heavy atom. The zero-order chi connectivity index (χ0) is 50.8. The van der Waals surface area contributed by atoms with Gasteiger partial charge in [0.05, 0.1) is 25.0 Å². The molecule has 6 amide bonds. The first kappa shape index (κ1) is 54.5. The number of nitrogens with one attached hydrogen (secondary N) is 7. The van der Waals surface area contributed by atoms with Crippen LogP contribution in [0.5, 0.6) is 5.75 Å². The summed E-state index contributed by atoms with van der Waals surface area (Å²) in [6.45, 7) is 4.31. The number of para-hydroxylation sites is 1. The van der Waals surface area contributed by atoms with E-state index < -0.39 is 121 Å². The number of nitrogens with two attached hydrogens (primary N) is 3. The molecule has 0 bridgehead atoms. The molecule has 0 aliphatic carbocycles. The zero-order valence-electron chi connectivity index (χ0n) is 37.4. The van der Waals surface area contributed by atoms with E-state index in [1.54, 1.807) is 44.3 Å². The number of aliphatic imine (C=N–C) groups is 1. The molecule has 0 saturated heterocycles. The molecule has 0 saturated carbocycles. The molecule has 18 N–H and O–H groups in total. The zero-order valence-corrected chi connectivity index (χ0v) is 37.4. The van der Waals surface area contributed by atoms with Crippen LogP contribution < -0.4 is 49.1 Å². The summed E-state index contributed by atoms with van der Waals surface area (Å²) in [6, 6.07) is 0.784. The van der Waals surface area contributed by atoms with Crippen molar-refractivity contribution in [1.82, 2.24) is 36.9 Å². The molecule has 0 spiro atoms. The van der Waals surface area contributed by atoms with Gasteiger partial charge in [0.1, 0.15) is 42.0 Å². The van der Waals surface area contributed by atoms with Crippen molar-refractivity contribution in [3.8, 4) is 5.75 Å². The molecule has 370 valence electrons. The minimum atomic E-state index is -2.08. The molecular weight excluding hydrogens is 895 g/mol. The van der Waals surface area contributed by atoms with Crippen LogP contribution in [0.2, 0.25) is 0 Å². The second-order valence-corrected chi connectivity index (χ2v) is 16.2. The fourth-order valence-corrected chi connectivity index (χ4v) is 6.74. The summed E-state index contributed by atoms with van der Waals surface area (Å²) in [7, 11) is 0. The Hall–Kier alpha value is -7.80. The van der Waals surface area contributed by atoms with E-state index >= 15 is 0 Å². The first-order valence-corrected chi connectivity index (χ1v) is 21.3. The van der Waals surface area contributed by atoms with Crippen LogP contribution in [-0.2, 0) is 56.0 Å². The maximum atomic E-state index is 13.8. The van der Waals surface area contributed by atoms with E-state index in [0.717, 1.165) is 6.92 Å². The third-order valence-electron chi connectivity index (χ3n) is 10.4. The molecule has 0 radical (unpaired) electrons. The molecule has 1 heterocycles. The second kappa shape index (κ2) is 25.8. The number of H-pyrrole nitrogens is 1. The Labute approximate surface area is 389 Å². The largest absolute Gasteiger partial charge is 0.508 e. The average Bonchev–Trinajstić information content (AvgIpc) is 3.67. The molecule has 0 aliphatic heterocycles. The summed E-state index contributed by atoms with van der Waals surface area (Å²) < 4.78 is 0. The standard InChI is InChI=1S/C43H59N11O14/c1-20(2)34(42(67)68)53-39(64)29(16-23-19-48-27-9-5-4-7-25(23)27)52-41(66)35(21(3)55)54-40(65)31(18-33(59)60)51-38(63)30(17-32(57)58)50-37(62)28(15-22-10-12-24(56)13-11-22)49-36(61)26(44)8-6-14-47-43(45)46/h4-5,7,9-13,19-21,26,28-31,34-35,48,55-56H,6,8,14-18,44H2,1-3H3,(H,49,61)(H,50,62)(H,51,63)(H,52,66)(H,53,64)(H,54,65)(H,57,58)(H,59,60)(H,67,68)(H4,45,46,47)/t21-,26+,28+,29+,30+,31+,34+,35+/m1/s1. The van der Waals surface area contributed by atoms with Crippen molar-refractivity contribution < 1.29 is 68.7 Å². The number of aliphatic hydroxyl groups is 1. The molecule has 0 aliphatic rings. The van der Waals surface area contributed by atoms with Crippen LogP contribution in [0.1, 0.15) is 57.6 Å². The number of fused-ring (bicyclic) bond motifs is 1. The molecule has 2 aromatic carbocycles. The molecule has 68 heavy (non-hydrogen) atoms. The number of aromatic nitrogens is 1. The number of phenols is 1. The lowest BCUT2D eigenvalue weighted by Gasteiger charge is -2.28. The predicted molar refractivity (Wildman–Crippen MR) is 242 cm³/mol. The van der Waals surface area contributed by atoms with Crippen molar-refractivity contribution in [2.75, 3.05) is 6.54 Å². The number of aliphatic carboxylic acids is 3. The third-order valence-corrected chi connectivity index (χ3v) is 10.4. The first-order chi connectivity index (χ1) is 32.0. The highest BCUT2D eigenvalue weighted by Gasteiger charge is 2.37. The molecule has 1 aromatic heterocycles. The van der Waals surface area contributed by atoms with Gasteiger partial charge in [0.15, 0.2) is 5.96 Å². The number of aromatic hydroxyl groups is 1. The van der Waals surface area contributed by atoms with Crippen molar-refractivity contribution in [2.24, 2.45) is 28.1 Å². The van der Waals surface area contributed by atoms with E-state index in [9.17, 15) is 68.7 Å². The smallest absolute Gasteiger partial charge is 0.326 e. The molecule has 0 unspecified atom stereocenters. The van der Waals surface area contributed by atoms with Crippen LogP contribution in [0.3, 0.4) is 0 Å². The third kappa shape index (κ3) is 17.2. The summed E-state index contributed by atoms with van der Waals surface area (Å²) >= 11 is 0. The van der Waals surface area contributed by atoms with E-state index in [1.165, 1.54) is 24.3 Å². The highest BCUT2D eigenvalue weighted by Crippen LogP contribution is 2.20. The van der Waals surface area contributed by atoms with E-state index in [0.29, 0.717) is 22.0 Å². The lowest BCUT2D eigenvalue weighted by Crippen LogP contribution is -2.62. The maximum absolute atomic E-state index is 13.8. The fraction of sp³-hybridized carbons (Fsp3) is 0.442. The van der Waals surface area contributed by atoms with Gasteiger partial charge >= 0.3 is 17.9 Å². The monoisotopic (exact) mass is 953 g/mol. The van der Waals surface area contributed by atoms with Crippen molar-refractivity contribution in [1.29, 1.82) is 0 Å². The quantitative estimate of drug-likeness (QED) is 0.0206. The van der Waals surface area contributed by atoms with E-state index in [-0.39, 0.29) is 43.9 Å². The Bertz CT molecular complexity index is 2310. The van der Waals surface area contributed by atoms with Gasteiger partial charge in [0, 0.05) is 36.5 Å². The minimum absolute atomic E-state index is 0.0667. The number of phenolic OH excluding ortho intramolecular Hbond substituents is 1. The van der Waals surface area contributed by atoms with Gasteiger partial charge in [-0.05, 0) is 55.0 Å². The SMILES string of the molecule is CC(C)[C@H](NC(=O)[C@H](Cc1c[nH]c2ccccc12)NC(=O)[C@@H](NC(=O)[C@H](CC(=O)O)NC(=O)[C@H](CC(=O)O)NC(=O)[C@H](Cc1ccc(O)cc1)NC(=O)[C@@H](N)CCCN=C(N)N)[C@@H](C)O)C(=O)O. The summed E-state index contributed by atoms with van der Waals surface area (Å²) in [4.78, 5) is 125. The Morgan fingerprint density at radius 3 is 1.69 bits per heavy atom. The van der Waals surface area contributed by atoms with Gasteiger partial charge < -0.3 is 79.6 Å². The second-order valence-electron chi connectivity index (χ2n) is 16.2. The number of carboxylic acids is 3. The fourth-order valence-electron chi connectivity index (χ4n) is 6.74. The Kier molecular flexibility index (Phi) is 20.7. The minimum Gasteiger partial charge on any atom is -0.508 e. The average molecular weight is 954 g/mol. The Morgan fingerprint density at radius 2 is 1.15 bits per heavy atom. The van der Waals surface area contributed by atoms with Gasteiger partial charge in [-0.15, -0.1) is 0 Å². The molecule has 0 fully saturated rings. The Balaban J connectivity index is 1.87. The maximum Gasteiger partial charge on any atom is 0.326 e. The summed E-state index contributed by atoms with van der Waals surface area (Å²) in [5, 5.41) is 64.0. The number of carbonyl (C=O) groups is 9. The molecule has 25 nitrogen and oxygen atoms in total. The molecule has 25 heteroatoms. The van der Waals surface area contributed by atoms with E-state index in [2.05, 4.69) is 41.9 Å². The number of hydrogen-bond donors (Lipinski definition) is 15. The summed E-state index contributed by atoms with van der Waals surface area (Å²) in [5.41, 5.74) is 18.3. The topological polar surface area (TPSA) is 433 Å². The molecule has 8 atom stereocenters. The molecule has 3 aromatic rings. The number of nitrogens with zero attached hydrogens (tertiary/aromatic N) is 1. The summed E-state index contributed by atoms with van der Waals surface area (Å²) in [6.07, 6.45) is -2.61. The number of aromatic amines is 1. The van der Waals surface area contributed by atoms with Crippen LogP contribution in [0.15, 0.2) is 59.7 Å². The van der Waals surface area contributed by atoms with Crippen molar-refractivity contribution in [2.45, 2.75) is 108 Å². The van der Waals surface area contributed by atoms with Crippen molar-refractivity contribution in [3.63, 3.8) is 0 Å². The number of guanidine groups is 1. The number of rotatable bonds is 27. The van der Waals surface area contributed by atoms with Gasteiger partial charge in [0.25, 0.3) is 0 Å². The molecular formula is C43H59N11O14. The lowest BCUT2D eigenvalue weighted by atomic mass is 10.0. The number of hydrogen-bond acceptors (Lipinski definition) is 13. The number of benzene rings is 2. The number of carbonyl (C=O) groups excluding carboxylic acids is 6. The van der Waals surface area contributed by atoms with Crippen molar-refractivity contribution in [3.05, 3.63) is 65.9 Å². The van der Waals surface area contributed by atoms with E-state index in [1.807, 2.05) is 0 Å². The van der Waals surface area contributed by atoms with Gasteiger partial charge in [-0.2, -0.15) is 0 Å². The molecule has 3 rings (SSSR count). The predicted octanol–water partition coefficient (Wildman–Crippen LogP) is -2.98. The van der Waals surface area contributed by atoms with Gasteiger partial charge in [-0.3, -0.25) is 43.3 Å². The van der Waals surface area contributed by atoms with Gasteiger partial charge in [0.2, 0.25) is 35.4 Å².